The quantitative estimate of drug-likeness (QED) is 0.710. The molecule has 0 radical (unpaired) electrons. The Morgan fingerprint density at radius 3 is 2.62 bits per heavy atom. The van der Waals surface area contributed by atoms with Crippen molar-refractivity contribution < 1.29 is 19.4 Å². The second kappa shape index (κ2) is 10.3. The molecule has 1 saturated carbocycles. The molecular formula is C21H37NO4. The van der Waals surface area contributed by atoms with E-state index in [1.54, 1.807) is 0 Å². The van der Waals surface area contributed by atoms with E-state index in [-0.39, 0.29) is 24.3 Å². The van der Waals surface area contributed by atoms with Crippen molar-refractivity contribution in [3.05, 3.63) is 11.8 Å². The fourth-order valence-corrected chi connectivity index (χ4v) is 4.33. The molecule has 26 heavy (non-hydrogen) atoms. The molecular weight excluding hydrogens is 330 g/mol. The Morgan fingerprint density at radius 2 is 2.04 bits per heavy atom. The highest BCUT2D eigenvalue weighted by atomic mass is 16.7. The SMILES string of the molecule is CCOC1OC(C(=O)N(C)C2CCCCC2)=CC(C(C)C)C1CCCO. The number of carbonyl (C=O) groups excluding carboxylic acids is 1. The predicted octanol–water partition coefficient (Wildman–Crippen LogP) is 3.72. The molecule has 0 spiro atoms. The molecule has 5 heteroatoms. The Morgan fingerprint density at radius 1 is 1.35 bits per heavy atom. The molecule has 1 amide bonds. The van der Waals surface area contributed by atoms with E-state index in [0.717, 1.165) is 25.7 Å². The Labute approximate surface area is 158 Å². The van der Waals surface area contributed by atoms with Crippen LogP contribution in [0, 0.1) is 17.8 Å². The van der Waals surface area contributed by atoms with E-state index >= 15 is 0 Å². The standard InChI is InChI=1S/C21H37NO4/c1-5-25-21-17(12-9-13-23)18(15(2)3)14-19(26-21)20(24)22(4)16-10-7-6-8-11-16/h14-18,21,23H,5-13H2,1-4H3. The van der Waals surface area contributed by atoms with Crippen molar-refractivity contribution in [1.29, 1.82) is 0 Å². The van der Waals surface area contributed by atoms with Gasteiger partial charge < -0.3 is 19.5 Å². The van der Waals surface area contributed by atoms with Gasteiger partial charge in [0.05, 0.1) is 0 Å². The van der Waals surface area contributed by atoms with Crippen LogP contribution in [-0.4, -0.2) is 48.5 Å². The van der Waals surface area contributed by atoms with Gasteiger partial charge in [0.25, 0.3) is 5.91 Å². The minimum absolute atomic E-state index is 0.0205. The average Bonchev–Trinajstić information content (AvgIpc) is 2.66. The molecule has 0 aromatic rings. The van der Waals surface area contributed by atoms with Crippen LogP contribution in [0.2, 0.25) is 0 Å². The Balaban J connectivity index is 2.18. The number of likely N-dealkylation sites (N-methyl/N-ethyl adjacent to an activating group) is 1. The molecule has 0 aromatic heterocycles. The summed E-state index contributed by atoms with van der Waals surface area (Å²) in [5.74, 6) is 1.18. The molecule has 150 valence electrons. The molecule has 0 bridgehead atoms. The Kier molecular flexibility index (Phi) is 8.42. The number of aliphatic hydroxyl groups excluding tert-OH is 1. The van der Waals surface area contributed by atoms with E-state index in [2.05, 4.69) is 13.8 Å². The van der Waals surface area contributed by atoms with Crippen LogP contribution in [0.5, 0.6) is 0 Å². The third-order valence-corrected chi connectivity index (χ3v) is 5.88. The minimum atomic E-state index is -0.414. The van der Waals surface area contributed by atoms with Gasteiger partial charge in [0, 0.05) is 32.2 Å². The Bertz CT molecular complexity index is 471. The first-order valence-electron chi connectivity index (χ1n) is 10.4. The molecule has 3 unspecified atom stereocenters. The molecule has 1 N–H and O–H groups in total. The molecule has 1 fully saturated rings. The zero-order valence-corrected chi connectivity index (χ0v) is 16.9. The van der Waals surface area contributed by atoms with Crippen molar-refractivity contribution in [3.8, 4) is 0 Å². The summed E-state index contributed by atoms with van der Waals surface area (Å²) in [6.45, 7) is 7.01. The van der Waals surface area contributed by atoms with Crippen molar-refractivity contribution in [1.82, 2.24) is 4.90 Å². The minimum Gasteiger partial charge on any atom is -0.459 e. The number of nitrogens with zero attached hydrogens (tertiary/aromatic N) is 1. The number of aliphatic hydroxyl groups is 1. The molecule has 2 aliphatic rings. The molecule has 2 rings (SSSR count). The van der Waals surface area contributed by atoms with E-state index in [1.807, 2.05) is 24.9 Å². The normalized spacial score (nSPS) is 27.2. The first kappa shape index (κ1) is 21.2. The maximum absolute atomic E-state index is 13.1. The van der Waals surface area contributed by atoms with Crippen molar-refractivity contribution in [2.75, 3.05) is 20.3 Å². The highest BCUT2D eigenvalue weighted by Gasteiger charge is 2.39. The topological polar surface area (TPSA) is 59.0 Å². The molecule has 5 nitrogen and oxygen atoms in total. The third-order valence-electron chi connectivity index (χ3n) is 5.88. The number of amides is 1. The van der Waals surface area contributed by atoms with E-state index in [9.17, 15) is 9.90 Å². The lowest BCUT2D eigenvalue weighted by molar-refractivity contribution is -0.178. The number of hydrogen-bond donors (Lipinski definition) is 1. The van der Waals surface area contributed by atoms with Crippen LogP contribution in [0.15, 0.2) is 11.8 Å². The molecule has 0 aromatic carbocycles. The summed E-state index contributed by atoms with van der Waals surface area (Å²) in [6.07, 6.45) is 8.98. The molecule has 1 aliphatic heterocycles. The van der Waals surface area contributed by atoms with Gasteiger partial charge in [-0.25, -0.2) is 0 Å². The first-order valence-corrected chi connectivity index (χ1v) is 10.4. The molecule has 1 heterocycles. The zero-order chi connectivity index (χ0) is 19.1. The van der Waals surface area contributed by atoms with Crippen molar-refractivity contribution >= 4 is 5.91 Å². The lowest BCUT2D eigenvalue weighted by Gasteiger charge is -2.40. The number of carbonyl (C=O) groups is 1. The highest BCUT2D eigenvalue weighted by molar-refractivity contribution is 5.91. The van der Waals surface area contributed by atoms with Gasteiger partial charge in [-0.15, -0.1) is 0 Å². The van der Waals surface area contributed by atoms with Crippen LogP contribution in [0.3, 0.4) is 0 Å². The predicted molar refractivity (Wildman–Crippen MR) is 102 cm³/mol. The van der Waals surface area contributed by atoms with E-state index in [4.69, 9.17) is 9.47 Å². The van der Waals surface area contributed by atoms with Crippen molar-refractivity contribution in [2.24, 2.45) is 17.8 Å². The van der Waals surface area contributed by atoms with Crippen molar-refractivity contribution in [2.45, 2.75) is 78.0 Å². The summed E-state index contributed by atoms with van der Waals surface area (Å²) in [4.78, 5) is 14.9. The third kappa shape index (κ3) is 5.23. The van der Waals surface area contributed by atoms with Gasteiger partial charge in [0.2, 0.25) is 6.29 Å². The first-order chi connectivity index (χ1) is 12.5. The zero-order valence-electron chi connectivity index (χ0n) is 16.9. The second-order valence-corrected chi connectivity index (χ2v) is 8.03. The highest BCUT2D eigenvalue weighted by Crippen LogP contribution is 2.37. The molecule has 0 saturated heterocycles. The van der Waals surface area contributed by atoms with Crippen LogP contribution >= 0.6 is 0 Å². The van der Waals surface area contributed by atoms with Gasteiger partial charge in [0.15, 0.2) is 5.76 Å². The molecule has 1 aliphatic carbocycles. The van der Waals surface area contributed by atoms with Crippen molar-refractivity contribution in [3.63, 3.8) is 0 Å². The summed E-state index contributed by atoms with van der Waals surface area (Å²) in [5.41, 5.74) is 0. The van der Waals surface area contributed by atoms with Gasteiger partial charge in [-0.3, -0.25) is 4.79 Å². The number of rotatable bonds is 8. The largest absolute Gasteiger partial charge is 0.459 e. The molecule has 3 atom stereocenters. The van der Waals surface area contributed by atoms with E-state index in [1.165, 1.54) is 19.3 Å². The smallest absolute Gasteiger partial charge is 0.288 e. The monoisotopic (exact) mass is 367 g/mol. The van der Waals surface area contributed by atoms with E-state index < -0.39 is 6.29 Å². The van der Waals surface area contributed by atoms with E-state index in [0.29, 0.717) is 24.3 Å². The summed E-state index contributed by atoms with van der Waals surface area (Å²) >= 11 is 0. The lowest BCUT2D eigenvalue weighted by atomic mass is 9.78. The number of ether oxygens (including phenoxy) is 2. The summed E-state index contributed by atoms with van der Waals surface area (Å²) in [7, 11) is 1.90. The van der Waals surface area contributed by atoms with Gasteiger partial charge in [0.1, 0.15) is 0 Å². The number of allylic oxidation sites excluding steroid dienone is 1. The average molecular weight is 368 g/mol. The van der Waals surface area contributed by atoms with Crippen LogP contribution in [-0.2, 0) is 14.3 Å². The van der Waals surface area contributed by atoms with Gasteiger partial charge in [-0.05, 0) is 50.5 Å². The van der Waals surface area contributed by atoms with Gasteiger partial charge in [-0.1, -0.05) is 33.1 Å². The Hall–Kier alpha value is -1.07. The maximum atomic E-state index is 13.1. The summed E-state index contributed by atoms with van der Waals surface area (Å²) in [6, 6.07) is 0.316. The van der Waals surface area contributed by atoms with Crippen LogP contribution in [0.1, 0.15) is 65.7 Å². The fourth-order valence-electron chi connectivity index (χ4n) is 4.33. The van der Waals surface area contributed by atoms with Crippen LogP contribution in [0.4, 0.5) is 0 Å². The summed E-state index contributed by atoms with van der Waals surface area (Å²) in [5, 5.41) is 9.24. The number of hydrogen-bond acceptors (Lipinski definition) is 4. The van der Waals surface area contributed by atoms with Crippen LogP contribution in [0.25, 0.3) is 0 Å². The van der Waals surface area contributed by atoms with Gasteiger partial charge in [-0.2, -0.15) is 0 Å². The second-order valence-electron chi connectivity index (χ2n) is 8.03. The van der Waals surface area contributed by atoms with Crippen LogP contribution < -0.4 is 0 Å². The fraction of sp³-hybridized carbons (Fsp3) is 0.857. The lowest BCUT2D eigenvalue weighted by Crippen LogP contribution is -2.44. The maximum Gasteiger partial charge on any atom is 0.288 e. The summed E-state index contributed by atoms with van der Waals surface area (Å²) < 4.78 is 11.9. The van der Waals surface area contributed by atoms with Gasteiger partial charge >= 0.3 is 0 Å².